The van der Waals surface area contributed by atoms with Gasteiger partial charge in [-0.25, -0.2) is 0 Å². The highest BCUT2D eigenvalue weighted by Gasteiger charge is 2.15. The summed E-state index contributed by atoms with van der Waals surface area (Å²) in [6.45, 7) is 0. The second-order valence-electron chi connectivity index (χ2n) is 6.04. The van der Waals surface area contributed by atoms with Crippen molar-refractivity contribution in [1.82, 2.24) is 0 Å². The van der Waals surface area contributed by atoms with E-state index in [-0.39, 0.29) is 16.8 Å². The van der Waals surface area contributed by atoms with Gasteiger partial charge >= 0.3 is 0 Å². The second-order valence-corrected chi connectivity index (χ2v) is 6.44. The number of hydrogen-bond donors (Lipinski definition) is 2. The third-order valence-corrected chi connectivity index (χ3v) is 4.49. The van der Waals surface area contributed by atoms with Crippen molar-refractivity contribution in [2.24, 2.45) is 0 Å². The summed E-state index contributed by atoms with van der Waals surface area (Å²) < 4.78 is 10.4. The van der Waals surface area contributed by atoms with Crippen molar-refractivity contribution < 1.29 is 19.1 Å². The van der Waals surface area contributed by atoms with Gasteiger partial charge in [0, 0.05) is 17.2 Å². The summed E-state index contributed by atoms with van der Waals surface area (Å²) >= 11 is 6.32. The fourth-order valence-electron chi connectivity index (χ4n) is 2.64. The smallest absolute Gasteiger partial charge is 0.255 e. The first-order chi connectivity index (χ1) is 14.0. The van der Waals surface area contributed by atoms with E-state index < -0.39 is 0 Å². The fraction of sp³-hybridized carbons (Fsp3) is 0.0909. The Kier molecular flexibility index (Phi) is 6.36. The van der Waals surface area contributed by atoms with E-state index in [1.165, 1.54) is 13.2 Å². The van der Waals surface area contributed by atoms with Gasteiger partial charge < -0.3 is 20.1 Å². The Morgan fingerprint density at radius 3 is 1.93 bits per heavy atom. The van der Waals surface area contributed by atoms with Crippen LogP contribution in [0.15, 0.2) is 66.7 Å². The highest BCUT2D eigenvalue weighted by molar-refractivity contribution is 6.34. The number of rotatable bonds is 6. The Bertz CT molecular complexity index is 1020. The van der Waals surface area contributed by atoms with Crippen molar-refractivity contribution in [2.45, 2.75) is 0 Å². The fourth-order valence-corrected chi connectivity index (χ4v) is 2.85. The van der Waals surface area contributed by atoms with Gasteiger partial charge in [-0.3, -0.25) is 9.59 Å². The van der Waals surface area contributed by atoms with Crippen molar-refractivity contribution in [1.29, 1.82) is 0 Å². The van der Waals surface area contributed by atoms with Crippen molar-refractivity contribution in [2.75, 3.05) is 24.9 Å². The van der Waals surface area contributed by atoms with Crippen LogP contribution in [-0.4, -0.2) is 26.0 Å². The molecule has 0 aromatic heterocycles. The SMILES string of the molecule is COc1ccc(C(=O)Nc2cc(Cl)c(NC(=O)c3ccccc3)cc2OC)cc1. The predicted molar refractivity (Wildman–Crippen MR) is 113 cm³/mol. The van der Waals surface area contributed by atoms with Gasteiger partial charge in [0.05, 0.1) is 30.6 Å². The molecule has 0 radical (unpaired) electrons. The van der Waals surface area contributed by atoms with E-state index in [9.17, 15) is 9.59 Å². The maximum Gasteiger partial charge on any atom is 0.255 e. The number of methoxy groups -OCH3 is 2. The summed E-state index contributed by atoms with van der Waals surface area (Å²) in [4.78, 5) is 24.9. The van der Waals surface area contributed by atoms with Crippen LogP contribution in [0.25, 0.3) is 0 Å². The Labute approximate surface area is 173 Å². The van der Waals surface area contributed by atoms with Gasteiger partial charge in [0.25, 0.3) is 11.8 Å². The second kappa shape index (κ2) is 9.12. The van der Waals surface area contributed by atoms with Crippen molar-refractivity contribution in [3.8, 4) is 11.5 Å². The number of carbonyl (C=O) groups is 2. The van der Waals surface area contributed by atoms with Gasteiger partial charge in [-0.1, -0.05) is 29.8 Å². The minimum Gasteiger partial charge on any atom is -0.497 e. The van der Waals surface area contributed by atoms with Crippen LogP contribution >= 0.6 is 11.6 Å². The zero-order valence-corrected chi connectivity index (χ0v) is 16.6. The molecule has 0 unspecified atom stereocenters. The molecule has 29 heavy (non-hydrogen) atoms. The van der Waals surface area contributed by atoms with Crippen LogP contribution in [0.3, 0.4) is 0 Å². The molecule has 0 saturated heterocycles. The number of halogens is 1. The lowest BCUT2D eigenvalue weighted by atomic mass is 10.1. The maximum absolute atomic E-state index is 12.5. The largest absolute Gasteiger partial charge is 0.497 e. The number of amides is 2. The monoisotopic (exact) mass is 410 g/mol. The molecule has 148 valence electrons. The molecule has 0 aliphatic carbocycles. The van der Waals surface area contributed by atoms with E-state index in [4.69, 9.17) is 21.1 Å². The van der Waals surface area contributed by atoms with E-state index in [1.807, 2.05) is 6.07 Å². The molecule has 0 aliphatic heterocycles. The Morgan fingerprint density at radius 1 is 0.759 bits per heavy atom. The maximum atomic E-state index is 12.5. The topological polar surface area (TPSA) is 76.7 Å². The minimum absolute atomic E-state index is 0.264. The van der Waals surface area contributed by atoms with E-state index in [2.05, 4.69) is 10.6 Å². The summed E-state index contributed by atoms with van der Waals surface area (Å²) in [7, 11) is 3.02. The number of ether oxygens (including phenoxy) is 2. The van der Waals surface area contributed by atoms with Gasteiger partial charge in [0.1, 0.15) is 11.5 Å². The molecule has 7 heteroatoms. The number of nitrogens with one attached hydrogen (secondary N) is 2. The molecule has 3 rings (SSSR count). The van der Waals surface area contributed by atoms with E-state index in [0.717, 1.165) is 0 Å². The van der Waals surface area contributed by atoms with Gasteiger partial charge in [0.2, 0.25) is 0 Å². The highest BCUT2D eigenvalue weighted by Crippen LogP contribution is 2.35. The van der Waals surface area contributed by atoms with E-state index in [0.29, 0.717) is 34.0 Å². The molecule has 6 nitrogen and oxygen atoms in total. The molecule has 3 aromatic rings. The first kappa shape index (κ1) is 20.2. The average Bonchev–Trinajstić information content (AvgIpc) is 2.76. The van der Waals surface area contributed by atoms with Gasteiger partial charge in [-0.15, -0.1) is 0 Å². The average molecular weight is 411 g/mol. The lowest BCUT2D eigenvalue weighted by Crippen LogP contribution is -2.14. The van der Waals surface area contributed by atoms with E-state index in [1.54, 1.807) is 61.7 Å². The van der Waals surface area contributed by atoms with E-state index >= 15 is 0 Å². The minimum atomic E-state index is -0.330. The third-order valence-electron chi connectivity index (χ3n) is 4.17. The zero-order chi connectivity index (χ0) is 20.8. The molecule has 2 N–H and O–H groups in total. The lowest BCUT2D eigenvalue weighted by molar-refractivity contribution is 0.101. The molecule has 0 aliphatic rings. The van der Waals surface area contributed by atoms with Crippen LogP contribution < -0.4 is 20.1 Å². The normalized spacial score (nSPS) is 10.2. The molecular formula is C22H19ClN2O4. The molecule has 0 fully saturated rings. The lowest BCUT2D eigenvalue weighted by Gasteiger charge is -2.14. The molecule has 2 amide bonds. The van der Waals surface area contributed by atoms with Crippen molar-refractivity contribution in [3.05, 3.63) is 82.9 Å². The summed E-state index contributed by atoms with van der Waals surface area (Å²) in [5, 5.41) is 5.78. The van der Waals surface area contributed by atoms with Gasteiger partial charge in [-0.2, -0.15) is 0 Å². The van der Waals surface area contributed by atoms with Gasteiger partial charge in [-0.05, 0) is 42.5 Å². The standard InChI is InChI=1S/C22H19ClN2O4/c1-28-16-10-8-15(9-11-16)22(27)25-19-12-17(23)18(13-20(19)29-2)24-21(26)14-6-4-3-5-7-14/h3-13H,1-2H3,(H,24,26)(H,25,27). The third kappa shape index (κ3) is 4.86. The van der Waals surface area contributed by atoms with Crippen LogP contribution in [-0.2, 0) is 0 Å². The summed E-state index contributed by atoms with van der Waals surface area (Å²) in [6, 6.07) is 18.6. The molecule has 0 bridgehead atoms. The summed E-state index contributed by atoms with van der Waals surface area (Å²) in [6.07, 6.45) is 0. The zero-order valence-electron chi connectivity index (χ0n) is 15.9. The number of hydrogen-bond acceptors (Lipinski definition) is 4. The highest BCUT2D eigenvalue weighted by atomic mass is 35.5. The molecule has 0 spiro atoms. The molecule has 0 atom stereocenters. The van der Waals surface area contributed by atoms with Crippen LogP contribution in [0, 0.1) is 0 Å². The number of benzene rings is 3. The Balaban J connectivity index is 1.80. The summed E-state index contributed by atoms with van der Waals surface area (Å²) in [5.41, 5.74) is 1.71. The van der Waals surface area contributed by atoms with Crippen molar-refractivity contribution >= 4 is 34.8 Å². The quantitative estimate of drug-likeness (QED) is 0.608. The van der Waals surface area contributed by atoms with Crippen LogP contribution in [0.5, 0.6) is 11.5 Å². The first-order valence-electron chi connectivity index (χ1n) is 8.71. The van der Waals surface area contributed by atoms with Crippen molar-refractivity contribution in [3.63, 3.8) is 0 Å². The van der Waals surface area contributed by atoms with Gasteiger partial charge in [0.15, 0.2) is 0 Å². The number of anilines is 2. The van der Waals surface area contributed by atoms with Crippen LogP contribution in [0.2, 0.25) is 5.02 Å². The Morgan fingerprint density at radius 2 is 1.34 bits per heavy atom. The molecule has 3 aromatic carbocycles. The molecule has 0 saturated carbocycles. The molecular weight excluding hydrogens is 392 g/mol. The first-order valence-corrected chi connectivity index (χ1v) is 9.09. The number of carbonyl (C=O) groups excluding carboxylic acids is 2. The summed E-state index contributed by atoms with van der Waals surface area (Å²) in [5.74, 6) is 0.382. The predicted octanol–water partition coefficient (Wildman–Crippen LogP) is 4.86. The Hall–Kier alpha value is -3.51. The van der Waals surface area contributed by atoms with Crippen LogP contribution in [0.1, 0.15) is 20.7 Å². The van der Waals surface area contributed by atoms with Crippen LogP contribution in [0.4, 0.5) is 11.4 Å². The molecule has 0 heterocycles.